The molecule has 0 amide bonds. The molecule has 0 bridgehead atoms. The fourth-order valence-corrected chi connectivity index (χ4v) is 1.93. The second-order valence-electron chi connectivity index (χ2n) is 3.82. The van der Waals surface area contributed by atoms with E-state index in [0.29, 0.717) is 12.3 Å². The summed E-state index contributed by atoms with van der Waals surface area (Å²) in [5.74, 6) is 1.11. The first-order chi connectivity index (χ1) is 5.72. The summed E-state index contributed by atoms with van der Waals surface area (Å²) >= 11 is 0. The molecule has 0 aromatic heterocycles. The lowest BCUT2D eigenvalue weighted by molar-refractivity contribution is -0.118. The predicted octanol–water partition coefficient (Wildman–Crippen LogP) is 1.97. The third-order valence-corrected chi connectivity index (χ3v) is 2.66. The lowest BCUT2D eigenvalue weighted by Crippen LogP contribution is -2.17. The number of ketones is 1. The normalized spacial score (nSPS) is 29.8. The Bertz CT molecular complexity index is 167. The molecule has 1 aliphatic rings. The minimum absolute atomic E-state index is 0.271. The molecule has 0 aromatic carbocycles. The molecule has 0 heterocycles. The standard InChI is InChI=1S/C10H16O2/c1-8(12)6-9-2-4-10(7-11)5-3-9/h7,9-10H,2-6H2,1H3. The Morgan fingerprint density at radius 2 is 1.92 bits per heavy atom. The van der Waals surface area contributed by atoms with E-state index in [1.54, 1.807) is 6.92 Å². The fraction of sp³-hybridized carbons (Fsp3) is 0.800. The lowest BCUT2D eigenvalue weighted by Gasteiger charge is -2.24. The maximum Gasteiger partial charge on any atom is 0.130 e. The van der Waals surface area contributed by atoms with Crippen LogP contribution in [0.5, 0.6) is 0 Å². The van der Waals surface area contributed by atoms with Crippen LogP contribution in [0, 0.1) is 11.8 Å². The quantitative estimate of drug-likeness (QED) is 0.604. The van der Waals surface area contributed by atoms with Gasteiger partial charge in [0.25, 0.3) is 0 Å². The van der Waals surface area contributed by atoms with Gasteiger partial charge in [-0.3, -0.25) is 0 Å². The van der Waals surface area contributed by atoms with Crippen LogP contribution in [0.4, 0.5) is 0 Å². The average molecular weight is 168 g/mol. The van der Waals surface area contributed by atoms with Crippen LogP contribution in [0.2, 0.25) is 0 Å². The third kappa shape index (κ3) is 2.76. The van der Waals surface area contributed by atoms with Crippen molar-refractivity contribution in [2.75, 3.05) is 0 Å². The van der Waals surface area contributed by atoms with Crippen molar-refractivity contribution in [3.8, 4) is 0 Å². The highest BCUT2D eigenvalue weighted by Crippen LogP contribution is 2.29. The van der Waals surface area contributed by atoms with Gasteiger partial charge in [0.15, 0.2) is 0 Å². The van der Waals surface area contributed by atoms with Crippen molar-refractivity contribution in [2.24, 2.45) is 11.8 Å². The van der Waals surface area contributed by atoms with Crippen LogP contribution >= 0.6 is 0 Å². The van der Waals surface area contributed by atoms with Gasteiger partial charge in [-0.1, -0.05) is 0 Å². The Morgan fingerprint density at radius 3 is 2.33 bits per heavy atom. The number of rotatable bonds is 3. The molecule has 0 unspecified atom stereocenters. The smallest absolute Gasteiger partial charge is 0.130 e. The van der Waals surface area contributed by atoms with Gasteiger partial charge in [0.2, 0.25) is 0 Å². The van der Waals surface area contributed by atoms with E-state index in [4.69, 9.17) is 0 Å². The number of aldehydes is 1. The van der Waals surface area contributed by atoms with Crippen LogP contribution < -0.4 is 0 Å². The molecule has 1 aliphatic carbocycles. The van der Waals surface area contributed by atoms with Crippen LogP contribution in [0.25, 0.3) is 0 Å². The van der Waals surface area contributed by atoms with Gasteiger partial charge in [0.05, 0.1) is 0 Å². The van der Waals surface area contributed by atoms with Gasteiger partial charge in [-0.05, 0) is 38.5 Å². The molecule has 0 aliphatic heterocycles. The van der Waals surface area contributed by atoms with Crippen molar-refractivity contribution >= 4 is 12.1 Å². The molecule has 0 spiro atoms. The van der Waals surface area contributed by atoms with Crippen LogP contribution in [-0.4, -0.2) is 12.1 Å². The summed E-state index contributed by atoms with van der Waals surface area (Å²) in [5, 5.41) is 0. The van der Waals surface area contributed by atoms with Crippen LogP contribution in [0.3, 0.4) is 0 Å². The van der Waals surface area contributed by atoms with Crippen molar-refractivity contribution in [3.63, 3.8) is 0 Å². The molecule has 0 radical (unpaired) electrons. The highest BCUT2D eigenvalue weighted by atomic mass is 16.1. The topological polar surface area (TPSA) is 34.1 Å². The highest BCUT2D eigenvalue weighted by Gasteiger charge is 2.21. The largest absolute Gasteiger partial charge is 0.303 e. The van der Waals surface area contributed by atoms with Crippen LogP contribution in [-0.2, 0) is 9.59 Å². The second kappa shape index (κ2) is 4.39. The molecular formula is C10H16O2. The first kappa shape index (κ1) is 9.43. The zero-order chi connectivity index (χ0) is 8.97. The fourth-order valence-electron chi connectivity index (χ4n) is 1.93. The van der Waals surface area contributed by atoms with E-state index in [1.165, 1.54) is 0 Å². The van der Waals surface area contributed by atoms with Crippen molar-refractivity contribution in [3.05, 3.63) is 0 Å². The molecule has 0 aromatic rings. The van der Waals surface area contributed by atoms with Crippen molar-refractivity contribution in [2.45, 2.75) is 39.0 Å². The first-order valence-electron chi connectivity index (χ1n) is 4.67. The summed E-state index contributed by atoms with van der Waals surface area (Å²) in [6, 6.07) is 0. The molecule has 2 nitrogen and oxygen atoms in total. The summed E-state index contributed by atoms with van der Waals surface area (Å²) < 4.78 is 0. The summed E-state index contributed by atoms with van der Waals surface area (Å²) in [4.78, 5) is 21.2. The Morgan fingerprint density at radius 1 is 1.33 bits per heavy atom. The molecule has 2 heteroatoms. The minimum Gasteiger partial charge on any atom is -0.303 e. The minimum atomic E-state index is 0.271. The summed E-state index contributed by atoms with van der Waals surface area (Å²) in [7, 11) is 0. The lowest BCUT2D eigenvalue weighted by atomic mass is 9.80. The van der Waals surface area contributed by atoms with E-state index in [9.17, 15) is 9.59 Å². The summed E-state index contributed by atoms with van der Waals surface area (Å²) in [6.45, 7) is 1.64. The van der Waals surface area contributed by atoms with Gasteiger partial charge in [-0.25, -0.2) is 0 Å². The van der Waals surface area contributed by atoms with E-state index in [1.807, 2.05) is 0 Å². The number of carbonyl (C=O) groups excluding carboxylic acids is 2. The van der Waals surface area contributed by atoms with E-state index in [0.717, 1.165) is 32.0 Å². The molecule has 68 valence electrons. The SMILES string of the molecule is CC(=O)CC1CCC(C=O)CC1. The van der Waals surface area contributed by atoms with E-state index < -0.39 is 0 Å². The second-order valence-corrected chi connectivity index (χ2v) is 3.82. The Balaban J connectivity index is 2.26. The van der Waals surface area contributed by atoms with E-state index >= 15 is 0 Å². The zero-order valence-electron chi connectivity index (χ0n) is 7.58. The molecule has 0 atom stereocenters. The Kier molecular flexibility index (Phi) is 3.45. The summed E-state index contributed by atoms with van der Waals surface area (Å²) in [5.41, 5.74) is 0. The van der Waals surface area contributed by atoms with Crippen LogP contribution in [0.15, 0.2) is 0 Å². The highest BCUT2D eigenvalue weighted by molar-refractivity contribution is 5.75. The third-order valence-electron chi connectivity index (χ3n) is 2.66. The number of Topliss-reactive ketones (excluding diaryl/α,β-unsaturated/α-hetero) is 1. The van der Waals surface area contributed by atoms with Gasteiger partial charge >= 0.3 is 0 Å². The molecule has 1 fully saturated rings. The number of carbonyl (C=O) groups is 2. The van der Waals surface area contributed by atoms with Crippen molar-refractivity contribution in [1.29, 1.82) is 0 Å². The van der Waals surface area contributed by atoms with E-state index in [-0.39, 0.29) is 11.7 Å². The average Bonchev–Trinajstić information content (AvgIpc) is 2.05. The molecule has 0 N–H and O–H groups in total. The monoisotopic (exact) mass is 168 g/mol. The maximum atomic E-state index is 10.8. The number of hydrogen-bond donors (Lipinski definition) is 0. The van der Waals surface area contributed by atoms with Gasteiger partial charge in [0, 0.05) is 12.3 Å². The van der Waals surface area contributed by atoms with Crippen LogP contribution in [0.1, 0.15) is 39.0 Å². The zero-order valence-corrected chi connectivity index (χ0v) is 7.58. The first-order valence-corrected chi connectivity index (χ1v) is 4.67. The maximum absolute atomic E-state index is 10.8. The Labute approximate surface area is 73.3 Å². The van der Waals surface area contributed by atoms with Gasteiger partial charge in [-0.2, -0.15) is 0 Å². The van der Waals surface area contributed by atoms with Gasteiger partial charge in [0.1, 0.15) is 12.1 Å². The molecule has 1 saturated carbocycles. The van der Waals surface area contributed by atoms with Crippen molar-refractivity contribution < 1.29 is 9.59 Å². The molecule has 0 saturated heterocycles. The van der Waals surface area contributed by atoms with Gasteiger partial charge < -0.3 is 9.59 Å². The predicted molar refractivity (Wildman–Crippen MR) is 46.8 cm³/mol. The van der Waals surface area contributed by atoms with E-state index in [2.05, 4.69) is 0 Å². The van der Waals surface area contributed by atoms with Gasteiger partial charge in [-0.15, -0.1) is 0 Å². The molecular weight excluding hydrogens is 152 g/mol. The molecule has 1 rings (SSSR count). The number of hydrogen-bond acceptors (Lipinski definition) is 2. The Hall–Kier alpha value is -0.660. The summed E-state index contributed by atoms with van der Waals surface area (Å²) in [6.07, 6.45) is 5.87. The molecule has 12 heavy (non-hydrogen) atoms. The van der Waals surface area contributed by atoms with Crippen molar-refractivity contribution in [1.82, 2.24) is 0 Å².